The van der Waals surface area contributed by atoms with Crippen molar-refractivity contribution in [2.24, 2.45) is 0 Å². The summed E-state index contributed by atoms with van der Waals surface area (Å²) in [5.41, 5.74) is 1.61. The summed E-state index contributed by atoms with van der Waals surface area (Å²) in [6, 6.07) is 15.0. The Morgan fingerprint density at radius 2 is 1.54 bits per heavy atom. The predicted octanol–water partition coefficient (Wildman–Crippen LogP) is 2.57. The number of para-hydroxylation sites is 2. The third-order valence-corrected chi connectivity index (χ3v) is 3.81. The van der Waals surface area contributed by atoms with Crippen LogP contribution >= 0.6 is 0 Å². The molecule has 0 radical (unpaired) electrons. The second-order valence-electron chi connectivity index (χ2n) is 6.05. The molecule has 1 aliphatic rings. The van der Waals surface area contributed by atoms with Crippen molar-refractivity contribution >= 4 is 11.8 Å². The van der Waals surface area contributed by atoms with Gasteiger partial charge in [0.1, 0.15) is 11.5 Å². The van der Waals surface area contributed by atoms with Gasteiger partial charge in [0, 0.05) is 17.2 Å². The van der Waals surface area contributed by atoms with Crippen molar-refractivity contribution in [1.82, 2.24) is 10.6 Å². The third-order valence-electron chi connectivity index (χ3n) is 3.81. The van der Waals surface area contributed by atoms with E-state index in [1.54, 1.807) is 0 Å². The van der Waals surface area contributed by atoms with E-state index in [-0.39, 0.29) is 24.4 Å². The summed E-state index contributed by atoms with van der Waals surface area (Å²) in [5, 5.41) is 5.49. The van der Waals surface area contributed by atoms with Crippen molar-refractivity contribution in [2.75, 3.05) is 6.54 Å². The van der Waals surface area contributed by atoms with E-state index in [1.807, 2.05) is 62.4 Å². The highest BCUT2D eigenvalue weighted by Crippen LogP contribution is 2.43. The summed E-state index contributed by atoms with van der Waals surface area (Å²) in [5.74, 6) is 0.438. The maximum atomic E-state index is 12.8. The fraction of sp³-hybridized carbons (Fsp3) is 0.263. The summed E-state index contributed by atoms with van der Waals surface area (Å²) < 4.78 is 5.88. The average molecular weight is 324 g/mol. The quantitative estimate of drug-likeness (QED) is 0.908. The number of carbonyl (C=O) groups is 2. The van der Waals surface area contributed by atoms with Crippen molar-refractivity contribution < 1.29 is 14.3 Å². The van der Waals surface area contributed by atoms with E-state index in [4.69, 9.17) is 4.74 Å². The first-order valence-electron chi connectivity index (χ1n) is 7.99. The van der Waals surface area contributed by atoms with Crippen LogP contribution in [0.15, 0.2) is 48.5 Å². The van der Waals surface area contributed by atoms with Crippen LogP contribution in [0.1, 0.15) is 30.9 Å². The molecule has 0 saturated heterocycles. The molecule has 0 spiro atoms. The molecule has 0 fully saturated rings. The standard InChI is InChI=1S/C19H20N2O3/c1-12(2)21-17(22)11-20-19(23)18-13-7-3-5-9-15(13)24-16-10-6-4-8-14(16)18/h3-10,12,18H,11H2,1-2H3,(H,20,23)(H,21,22). The smallest absolute Gasteiger partial charge is 0.239 e. The van der Waals surface area contributed by atoms with E-state index in [1.165, 1.54) is 0 Å². The molecule has 0 atom stereocenters. The van der Waals surface area contributed by atoms with Gasteiger partial charge in [-0.1, -0.05) is 36.4 Å². The monoisotopic (exact) mass is 324 g/mol. The van der Waals surface area contributed by atoms with Gasteiger partial charge in [0.05, 0.1) is 12.5 Å². The minimum Gasteiger partial charge on any atom is -0.457 e. The normalized spacial score (nSPS) is 12.8. The Morgan fingerprint density at radius 3 is 2.08 bits per heavy atom. The van der Waals surface area contributed by atoms with E-state index in [9.17, 15) is 9.59 Å². The molecule has 0 aromatic heterocycles. The number of ether oxygens (including phenoxy) is 1. The van der Waals surface area contributed by atoms with Crippen molar-refractivity contribution in [3.8, 4) is 11.5 Å². The summed E-state index contributed by atoms with van der Waals surface area (Å²) >= 11 is 0. The van der Waals surface area contributed by atoms with Crippen LogP contribution in [0.25, 0.3) is 0 Å². The molecule has 5 nitrogen and oxygen atoms in total. The lowest BCUT2D eigenvalue weighted by molar-refractivity contribution is -0.126. The van der Waals surface area contributed by atoms with Crippen LogP contribution in [0.3, 0.4) is 0 Å². The Kier molecular flexibility index (Phi) is 4.51. The summed E-state index contributed by atoms with van der Waals surface area (Å²) in [6.07, 6.45) is 0. The molecule has 24 heavy (non-hydrogen) atoms. The maximum absolute atomic E-state index is 12.8. The fourth-order valence-electron chi connectivity index (χ4n) is 2.83. The number of rotatable bonds is 4. The number of amides is 2. The van der Waals surface area contributed by atoms with E-state index in [0.717, 1.165) is 11.1 Å². The highest BCUT2D eigenvalue weighted by molar-refractivity contribution is 5.92. The molecule has 0 bridgehead atoms. The topological polar surface area (TPSA) is 67.4 Å². The van der Waals surface area contributed by atoms with Gasteiger partial charge in [0.25, 0.3) is 0 Å². The van der Waals surface area contributed by atoms with Gasteiger partial charge in [0.15, 0.2) is 0 Å². The van der Waals surface area contributed by atoms with Gasteiger partial charge in [-0.25, -0.2) is 0 Å². The first kappa shape index (κ1) is 16.1. The molecule has 0 aliphatic carbocycles. The van der Waals surface area contributed by atoms with Crippen molar-refractivity contribution in [2.45, 2.75) is 25.8 Å². The van der Waals surface area contributed by atoms with E-state index >= 15 is 0 Å². The van der Waals surface area contributed by atoms with Crippen LogP contribution in [0.5, 0.6) is 11.5 Å². The number of hydrogen-bond acceptors (Lipinski definition) is 3. The van der Waals surface area contributed by atoms with E-state index in [2.05, 4.69) is 10.6 Å². The first-order chi connectivity index (χ1) is 11.6. The SMILES string of the molecule is CC(C)NC(=O)CNC(=O)C1c2ccccc2Oc2ccccc21. The number of fused-ring (bicyclic) bond motifs is 2. The maximum Gasteiger partial charge on any atom is 0.239 e. The highest BCUT2D eigenvalue weighted by atomic mass is 16.5. The van der Waals surface area contributed by atoms with E-state index < -0.39 is 5.92 Å². The molecular formula is C19H20N2O3. The second-order valence-corrected chi connectivity index (χ2v) is 6.05. The zero-order valence-electron chi connectivity index (χ0n) is 13.7. The molecular weight excluding hydrogens is 304 g/mol. The van der Waals surface area contributed by atoms with Crippen molar-refractivity contribution in [3.63, 3.8) is 0 Å². The summed E-state index contributed by atoms with van der Waals surface area (Å²) in [6.45, 7) is 3.72. The second kappa shape index (κ2) is 6.74. The summed E-state index contributed by atoms with van der Waals surface area (Å²) in [7, 11) is 0. The molecule has 0 unspecified atom stereocenters. The lowest BCUT2D eigenvalue weighted by Crippen LogP contribution is -2.41. The minimum absolute atomic E-state index is 0.0407. The van der Waals surface area contributed by atoms with E-state index in [0.29, 0.717) is 11.5 Å². The Labute approximate surface area is 141 Å². The first-order valence-corrected chi connectivity index (χ1v) is 7.99. The molecule has 2 N–H and O–H groups in total. The summed E-state index contributed by atoms with van der Waals surface area (Å²) in [4.78, 5) is 24.5. The fourth-order valence-corrected chi connectivity index (χ4v) is 2.83. The van der Waals surface area contributed by atoms with Crippen LogP contribution in [-0.4, -0.2) is 24.4 Å². The van der Waals surface area contributed by atoms with Crippen LogP contribution in [-0.2, 0) is 9.59 Å². The molecule has 2 aromatic rings. The van der Waals surface area contributed by atoms with Gasteiger partial charge in [-0.15, -0.1) is 0 Å². The number of hydrogen-bond donors (Lipinski definition) is 2. The lowest BCUT2D eigenvalue weighted by atomic mass is 9.87. The number of carbonyl (C=O) groups excluding carboxylic acids is 2. The van der Waals surface area contributed by atoms with Gasteiger partial charge >= 0.3 is 0 Å². The largest absolute Gasteiger partial charge is 0.457 e. The molecule has 3 rings (SSSR count). The molecule has 124 valence electrons. The Morgan fingerprint density at radius 1 is 1.00 bits per heavy atom. The van der Waals surface area contributed by atoms with Crippen LogP contribution in [0, 0.1) is 0 Å². The average Bonchev–Trinajstić information content (AvgIpc) is 2.57. The van der Waals surface area contributed by atoms with Crippen LogP contribution < -0.4 is 15.4 Å². The third kappa shape index (κ3) is 3.25. The molecule has 1 heterocycles. The lowest BCUT2D eigenvalue weighted by Gasteiger charge is -2.27. The zero-order chi connectivity index (χ0) is 17.1. The van der Waals surface area contributed by atoms with Crippen LogP contribution in [0.4, 0.5) is 0 Å². The minimum atomic E-state index is -0.488. The number of benzene rings is 2. The molecule has 2 amide bonds. The van der Waals surface area contributed by atoms with Gasteiger partial charge in [-0.3, -0.25) is 9.59 Å². The Hall–Kier alpha value is -2.82. The Bertz CT molecular complexity index is 725. The molecule has 2 aromatic carbocycles. The predicted molar refractivity (Wildman–Crippen MR) is 91.1 cm³/mol. The van der Waals surface area contributed by atoms with Gasteiger partial charge in [0.2, 0.25) is 11.8 Å². The van der Waals surface area contributed by atoms with Gasteiger partial charge in [-0.2, -0.15) is 0 Å². The zero-order valence-corrected chi connectivity index (χ0v) is 13.7. The molecule has 1 aliphatic heterocycles. The van der Waals surface area contributed by atoms with Gasteiger partial charge in [-0.05, 0) is 26.0 Å². The van der Waals surface area contributed by atoms with Gasteiger partial charge < -0.3 is 15.4 Å². The Balaban J connectivity index is 1.84. The van der Waals surface area contributed by atoms with Crippen LogP contribution in [0.2, 0.25) is 0 Å². The number of nitrogens with one attached hydrogen (secondary N) is 2. The molecule has 5 heteroatoms. The van der Waals surface area contributed by atoms with Crippen molar-refractivity contribution in [1.29, 1.82) is 0 Å². The van der Waals surface area contributed by atoms with Crippen molar-refractivity contribution in [3.05, 3.63) is 59.7 Å². The molecule has 0 saturated carbocycles. The highest BCUT2D eigenvalue weighted by Gasteiger charge is 2.32.